The lowest BCUT2D eigenvalue weighted by molar-refractivity contribution is 1.01. The average Bonchev–Trinajstić information content (AvgIpc) is 2.54. The van der Waals surface area contributed by atoms with Gasteiger partial charge in [0.25, 0.3) is 0 Å². The molecule has 21 heavy (non-hydrogen) atoms. The summed E-state index contributed by atoms with van der Waals surface area (Å²) in [4.78, 5) is 3.81. The van der Waals surface area contributed by atoms with Crippen molar-refractivity contribution in [2.45, 2.75) is 0 Å². The van der Waals surface area contributed by atoms with E-state index in [-0.39, 0.29) is 5.96 Å². The van der Waals surface area contributed by atoms with Gasteiger partial charge in [0.15, 0.2) is 0 Å². The standard InChI is InChI=1S/C17H16N4/c1-19-17(18)21-20-11-16-14-8-4-2-6-12(14)10-13-7-3-5-9-15(13)16/h2-11H,1H3,(H3,18,19,21)/b20-11+. The van der Waals surface area contributed by atoms with Crippen molar-refractivity contribution in [2.75, 3.05) is 7.05 Å². The summed E-state index contributed by atoms with van der Waals surface area (Å²) < 4.78 is 0. The van der Waals surface area contributed by atoms with Crippen molar-refractivity contribution in [2.24, 2.45) is 15.8 Å². The molecule has 0 amide bonds. The number of hydrazone groups is 1. The normalized spacial score (nSPS) is 12.3. The molecule has 0 atom stereocenters. The van der Waals surface area contributed by atoms with Crippen LogP contribution < -0.4 is 11.2 Å². The summed E-state index contributed by atoms with van der Waals surface area (Å²) in [6, 6.07) is 18.7. The molecule has 0 spiro atoms. The summed E-state index contributed by atoms with van der Waals surface area (Å²) in [5.74, 6) is 0.288. The molecule has 0 saturated carbocycles. The lowest BCUT2D eigenvalue weighted by Gasteiger charge is -2.07. The smallest absolute Gasteiger partial charge is 0.209 e. The van der Waals surface area contributed by atoms with Gasteiger partial charge in [-0.05, 0) is 27.6 Å². The van der Waals surface area contributed by atoms with Crippen molar-refractivity contribution in [3.63, 3.8) is 0 Å². The Labute approximate surface area is 123 Å². The lowest BCUT2D eigenvalue weighted by atomic mass is 9.97. The molecule has 4 heteroatoms. The van der Waals surface area contributed by atoms with Crippen molar-refractivity contribution in [1.29, 1.82) is 0 Å². The Kier molecular flexibility index (Phi) is 3.51. The Morgan fingerprint density at radius 1 is 1.00 bits per heavy atom. The van der Waals surface area contributed by atoms with E-state index in [9.17, 15) is 0 Å². The minimum atomic E-state index is 0.288. The van der Waals surface area contributed by atoms with Gasteiger partial charge >= 0.3 is 0 Å². The lowest BCUT2D eigenvalue weighted by Crippen LogP contribution is -2.26. The number of nitrogens with one attached hydrogen (secondary N) is 1. The molecule has 0 heterocycles. The second kappa shape index (κ2) is 5.63. The number of hydrogen-bond acceptors (Lipinski definition) is 2. The van der Waals surface area contributed by atoms with Crippen LogP contribution in [0.3, 0.4) is 0 Å². The van der Waals surface area contributed by atoms with E-state index in [1.54, 1.807) is 13.3 Å². The summed E-state index contributed by atoms with van der Waals surface area (Å²) in [6.45, 7) is 0. The van der Waals surface area contributed by atoms with Gasteiger partial charge < -0.3 is 5.73 Å². The minimum Gasteiger partial charge on any atom is -0.369 e. The monoisotopic (exact) mass is 276 g/mol. The van der Waals surface area contributed by atoms with Crippen molar-refractivity contribution in [3.05, 3.63) is 60.2 Å². The average molecular weight is 276 g/mol. The van der Waals surface area contributed by atoms with Gasteiger partial charge in [-0.3, -0.25) is 4.99 Å². The number of nitrogens with zero attached hydrogens (tertiary/aromatic N) is 2. The second-order valence-corrected chi connectivity index (χ2v) is 4.71. The molecule has 104 valence electrons. The first kappa shape index (κ1) is 13.1. The number of nitrogens with two attached hydrogens (primary N) is 1. The van der Waals surface area contributed by atoms with Crippen molar-refractivity contribution >= 4 is 33.7 Å². The highest BCUT2D eigenvalue weighted by atomic mass is 15.3. The zero-order valence-electron chi connectivity index (χ0n) is 11.7. The maximum Gasteiger partial charge on any atom is 0.209 e. The minimum absolute atomic E-state index is 0.288. The van der Waals surface area contributed by atoms with Crippen molar-refractivity contribution < 1.29 is 0 Å². The van der Waals surface area contributed by atoms with E-state index in [0.717, 1.165) is 16.3 Å². The Bertz CT molecular complexity index is 796. The fraction of sp³-hybridized carbons (Fsp3) is 0.0588. The Balaban J connectivity index is 2.20. The molecule has 0 bridgehead atoms. The third kappa shape index (κ3) is 2.56. The molecular weight excluding hydrogens is 260 g/mol. The van der Waals surface area contributed by atoms with E-state index in [2.05, 4.69) is 45.9 Å². The predicted molar refractivity (Wildman–Crippen MR) is 89.7 cm³/mol. The first-order chi connectivity index (χ1) is 10.3. The van der Waals surface area contributed by atoms with E-state index < -0.39 is 0 Å². The topological polar surface area (TPSA) is 62.8 Å². The first-order valence-corrected chi connectivity index (χ1v) is 6.71. The highest BCUT2D eigenvalue weighted by molar-refractivity contribution is 6.13. The predicted octanol–water partition coefficient (Wildman–Crippen LogP) is 2.86. The molecule has 3 rings (SSSR count). The zero-order chi connectivity index (χ0) is 14.7. The van der Waals surface area contributed by atoms with E-state index in [0.29, 0.717) is 0 Å². The number of benzene rings is 3. The van der Waals surface area contributed by atoms with Crippen LogP contribution in [0.15, 0.2) is 64.7 Å². The molecule has 3 aromatic carbocycles. The molecule has 0 saturated heterocycles. The van der Waals surface area contributed by atoms with Crippen LogP contribution in [0.2, 0.25) is 0 Å². The molecule has 0 aliphatic rings. The van der Waals surface area contributed by atoms with Crippen LogP contribution in [-0.2, 0) is 0 Å². The summed E-state index contributed by atoms with van der Waals surface area (Å²) in [5, 5.41) is 8.88. The highest BCUT2D eigenvalue weighted by Gasteiger charge is 2.05. The van der Waals surface area contributed by atoms with Gasteiger partial charge in [-0.1, -0.05) is 48.5 Å². The van der Waals surface area contributed by atoms with E-state index in [4.69, 9.17) is 5.73 Å². The van der Waals surface area contributed by atoms with E-state index in [1.165, 1.54) is 10.8 Å². The van der Waals surface area contributed by atoms with Crippen LogP contribution in [-0.4, -0.2) is 19.2 Å². The largest absolute Gasteiger partial charge is 0.369 e. The fourth-order valence-corrected chi connectivity index (χ4v) is 2.40. The molecular formula is C17H16N4. The number of aliphatic imine (C=N–C) groups is 1. The number of rotatable bonds is 2. The van der Waals surface area contributed by atoms with Crippen LogP contribution in [0.25, 0.3) is 21.5 Å². The van der Waals surface area contributed by atoms with Crippen LogP contribution in [0.5, 0.6) is 0 Å². The third-order valence-electron chi connectivity index (χ3n) is 3.43. The number of hydrogen-bond donors (Lipinski definition) is 2. The van der Waals surface area contributed by atoms with Crippen LogP contribution in [0.4, 0.5) is 0 Å². The molecule has 0 aliphatic carbocycles. The molecule has 3 aromatic rings. The second-order valence-electron chi connectivity index (χ2n) is 4.71. The molecule has 0 unspecified atom stereocenters. The van der Waals surface area contributed by atoms with Crippen LogP contribution in [0.1, 0.15) is 5.56 Å². The van der Waals surface area contributed by atoms with Gasteiger partial charge in [0.2, 0.25) is 5.96 Å². The summed E-state index contributed by atoms with van der Waals surface area (Å²) in [7, 11) is 1.62. The number of guanidine groups is 1. The van der Waals surface area contributed by atoms with Crippen LogP contribution in [0, 0.1) is 0 Å². The fourth-order valence-electron chi connectivity index (χ4n) is 2.40. The Hall–Kier alpha value is -2.88. The maximum absolute atomic E-state index is 5.59. The quantitative estimate of drug-likeness (QED) is 0.327. The molecule has 0 radical (unpaired) electrons. The highest BCUT2D eigenvalue weighted by Crippen LogP contribution is 2.27. The third-order valence-corrected chi connectivity index (χ3v) is 3.43. The molecule has 0 aliphatic heterocycles. The zero-order valence-corrected chi connectivity index (χ0v) is 11.7. The molecule has 4 nitrogen and oxygen atoms in total. The summed E-state index contributed by atoms with van der Waals surface area (Å²) in [6.07, 6.45) is 1.79. The Morgan fingerprint density at radius 2 is 1.57 bits per heavy atom. The number of fused-ring (bicyclic) bond motifs is 2. The maximum atomic E-state index is 5.59. The molecule has 3 N–H and O–H groups in total. The SMILES string of the molecule is CN=C(N)N/N=C/c1c2ccccc2cc2ccccc12. The molecule has 0 fully saturated rings. The summed E-state index contributed by atoms with van der Waals surface area (Å²) >= 11 is 0. The molecule has 0 aromatic heterocycles. The summed E-state index contributed by atoms with van der Waals surface area (Å²) in [5.41, 5.74) is 9.36. The van der Waals surface area contributed by atoms with Gasteiger partial charge in [0, 0.05) is 12.6 Å². The van der Waals surface area contributed by atoms with Gasteiger partial charge in [-0.25, -0.2) is 5.43 Å². The van der Waals surface area contributed by atoms with Gasteiger partial charge in [-0.2, -0.15) is 5.10 Å². The van der Waals surface area contributed by atoms with Gasteiger partial charge in [0.05, 0.1) is 6.21 Å². The van der Waals surface area contributed by atoms with Crippen LogP contribution >= 0.6 is 0 Å². The van der Waals surface area contributed by atoms with Gasteiger partial charge in [-0.15, -0.1) is 0 Å². The van der Waals surface area contributed by atoms with E-state index in [1.807, 2.05) is 24.3 Å². The van der Waals surface area contributed by atoms with Crippen molar-refractivity contribution in [3.8, 4) is 0 Å². The Morgan fingerprint density at radius 3 is 2.14 bits per heavy atom. The van der Waals surface area contributed by atoms with Crippen molar-refractivity contribution in [1.82, 2.24) is 5.43 Å². The van der Waals surface area contributed by atoms with Gasteiger partial charge in [0.1, 0.15) is 0 Å². The first-order valence-electron chi connectivity index (χ1n) is 6.71. The van der Waals surface area contributed by atoms with E-state index >= 15 is 0 Å².